The Morgan fingerprint density at radius 3 is 2.91 bits per heavy atom. The monoisotopic (exact) mass is 294 g/mol. The van der Waals surface area contributed by atoms with E-state index in [4.69, 9.17) is 5.11 Å². The topological polar surface area (TPSA) is 67.2 Å². The second kappa shape index (κ2) is 5.99. The number of fused-ring (bicyclic) bond motifs is 1. The molecule has 2 aromatic heterocycles. The average molecular weight is 294 g/mol. The molecule has 1 aromatic carbocycles. The third kappa shape index (κ3) is 2.58. The molecule has 2 heterocycles. The molecule has 2 N–H and O–H groups in total. The van der Waals surface area contributed by atoms with Crippen LogP contribution in [0.25, 0.3) is 22.2 Å². The molecular weight excluding hydrogens is 278 g/mol. The third-order valence-electron chi connectivity index (χ3n) is 3.56. The van der Waals surface area contributed by atoms with Gasteiger partial charge in [0, 0.05) is 42.3 Å². The first-order valence-electron chi connectivity index (χ1n) is 7.02. The van der Waals surface area contributed by atoms with Crippen LogP contribution in [0.2, 0.25) is 0 Å². The molecule has 22 heavy (non-hydrogen) atoms. The van der Waals surface area contributed by atoms with Crippen LogP contribution in [0.15, 0.2) is 42.6 Å². The summed E-state index contributed by atoms with van der Waals surface area (Å²) in [6, 6.07) is 14.9. The number of carbonyl (C=O) groups is 1. The van der Waals surface area contributed by atoms with Crippen molar-refractivity contribution in [2.45, 2.75) is 0 Å². The lowest BCUT2D eigenvalue weighted by atomic mass is 10.2. The Bertz CT molecular complexity index is 806. The Morgan fingerprint density at radius 2 is 2.23 bits per heavy atom. The molecule has 111 valence electrons. The molecule has 1 radical (unpaired) electrons. The van der Waals surface area contributed by atoms with Gasteiger partial charge in [-0.15, -0.1) is 0 Å². The van der Waals surface area contributed by atoms with E-state index in [-0.39, 0.29) is 24.8 Å². The van der Waals surface area contributed by atoms with Gasteiger partial charge in [0.15, 0.2) is 0 Å². The third-order valence-corrected chi connectivity index (χ3v) is 3.56. The van der Waals surface area contributed by atoms with Crippen molar-refractivity contribution in [3.05, 3.63) is 54.4 Å². The lowest BCUT2D eigenvalue weighted by Gasteiger charge is -2.05. The summed E-state index contributed by atoms with van der Waals surface area (Å²) in [4.78, 5) is 15.9. The molecule has 3 aromatic rings. The molecular formula is C17H16N3O2. The maximum Gasteiger partial charge on any atom is 0.270 e. The second-order valence-electron chi connectivity index (χ2n) is 4.98. The van der Waals surface area contributed by atoms with Crippen LogP contribution >= 0.6 is 0 Å². The Morgan fingerprint density at radius 1 is 1.41 bits per heavy atom. The summed E-state index contributed by atoms with van der Waals surface area (Å²) in [5, 5.41) is 12.4. The van der Waals surface area contributed by atoms with Crippen LogP contribution in [0.5, 0.6) is 0 Å². The average Bonchev–Trinajstić information content (AvgIpc) is 2.90. The number of hydrogen-bond acceptors (Lipinski definition) is 3. The van der Waals surface area contributed by atoms with Crippen LogP contribution in [-0.2, 0) is 7.05 Å². The van der Waals surface area contributed by atoms with Crippen molar-refractivity contribution < 1.29 is 9.90 Å². The molecule has 1 amide bonds. The molecule has 0 saturated carbocycles. The smallest absolute Gasteiger partial charge is 0.270 e. The number of aryl methyl sites for hydroxylation is 1. The van der Waals surface area contributed by atoms with E-state index in [2.05, 4.69) is 39.1 Å². The predicted molar refractivity (Wildman–Crippen MR) is 84.4 cm³/mol. The van der Waals surface area contributed by atoms with Crippen molar-refractivity contribution in [2.24, 2.45) is 7.05 Å². The van der Waals surface area contributed by atoms with E-state index in [1.165, 1.54) is 0 Å². The van der Waals surface area contributed by atoms with Crippen molar-refractivity contribution in [3.63, 3.8) is 0 Å². The van der Waals surface area contributed by atoms with Gasteiger partial charge >= 0.3 is 0 Å². The number of aliphatic hydroxyl groups is 1. The molecule has 3 rings (SSSR count). The van der Waals surface area contributed by atoms with E-state index in [1.54, 1.807) is 12.3 Å². The van der Waals surface area contributed by atoms with Crippen molar-refractivity contribution in [1.82, 2.24) is 14.9 Å². The first kappa shape index (κ1) is 14.3. The molecule has 0 aliphatic carbocycles. The summed E-state index contributed by atoms with van der Waals surface area (Å²) >= 11 is 0. The molecule has 5 nitrogen and oxygen atoms in total. The Labute approximate surface area is 128 Å². The Hall–Kier alpha value is -2.66. The van der Waals surface area contributed by atoms with Gasteiger partial charge in [0.25, 0.3) is 5.91 Å². The van der Waals surface area contributed by atoms with E-state index >= 15 is 0 Å². The summed E-state index contributed by atoms with van der Waals surface area (Å²) < 4.78 is 2.09. The number of aromatic nitrogens is 2. The first-order chi connectivity index (χ1) is 10.7. The largest absolute Gasteiger partial charge is 0.395 e. The number of aliphatic hydroxyl groups excluding tert-OH is 1. The van der Waals surface area contributed by atoms with Gasteiger partial charge in [-0.05, 0) is 18.2 Å². The minimum absolute atomic E-state index is 0.0975. The standard InChI is InChI=1S/C17H16N3O2/c1-20-15-5-3-2-4-12(15)10-16(20)13-6-7-14(19-11-13)17(22)18-8-9-21/h2-6,10-11,21H,8-9H2,1H3,(H,18,22). The van der Waals surface area contributed by atoms with Gasteiger partial charge < -0.3 is 15.0 Å². The maximum atomic E-state index is 11.7. The van der Waals surface area contributed by atoms with Gasteiger partial charge in [0.05, 0.1) is 12.3 Å². The fraction of sp³-hybridized carbons (Fsp3) is 0.176. The van der Waals surface area contributed by atoms with Crippen molar-refractivity contribution in [1.29, 1.82) is 0 Å². The maximum absolute atomic E-state index is 11.7. The van der Waals surface area contributed by atoms with Crippen LogP contribution < -0.4 is 5.32 Å². The van der Waals surface area contributed by atoms with Gasteiger partial charge in [-0.3, -0.25) is 4.79 Å². The molecule has 0 atom stereocenters. The Kier molecular flexibility index (Phi) is 3.89. The molecule has 0 unspecified atom stereocenters. The summed E-state index contributed by atoms with van der Waals surface area (Å²) in [5.41, 5.74) is 3.28. The fourth-order valence-electron chi connectivity index (χ4n) is 2.44. The zero-order valence-corrected chi connectivity index (χ0v) is 12.2. The normalized spacial score (nSPS) is 10.8. The molecule has 0 fully saturated rings. The highest BCUT2D eigenvalue weighted by Crippen LogP contribution is 2.26. The van der Waals surface area contributed by atoms with E-state index in [0.717, 1.165) is 22.2 Å². The number of nitrogens with zero attached hydrogens (tertiary/aromatic N) is 2. The quantitative estimate of drug-likeness (QED) is 0.770. The van der Waals surface area contributed by atoms with Gasteiger partial charge in [0.1, 0.15) is 5.69 Å². The fourth-order valence-corrected chi connectivity index (χ4v) is 2.44. The number of benzene rings is 1. The molecule has 0 saturated heterocycles. The number of amides is 1. The van der Waals surface area contributed by atoms with Gasteiger partial charge in [-0.1, -0.05) is 18.2 Å². The summed E-state index contributed by atoms with van der Waals surface area (Å²) in [6.45, 7) is 0.110. The number of pyridine rings is 1. The molecule has 0 spiro atoms. The molecule has 0 aliphatic rings. The number of carbonyl (C=O) groups excluding carboxylic acids is 1. The van der Waals surface area contributed by atoms with Crippen LogP contribution in [0.4, 0.5) is 0 Å². The zero-order chi connectivity index (χ0) is 15.5. The van der Waals surface area contributed by atoms with E-state index in [1.807, 2.05) is 19.2 Å². The number of rotatable bonds is 4. The summed E-state index contributed by atoms with van der Waals surface area (Å²) in [7, 11) is 2.00. The summed E-state index contributed by atoms with van der Waals surface area (Å²) in [6.07, 6.45) is 1.67. The lowest BCUT2D eigenvalue weighted by molar-refractivity contribution is 0.0939. The SMILES string of the molecule is Cn1c(-c2c[c]c(C(=O)NCCO)nc2)cc2ccccc21. The minimum Gasteiger partial charge on any atom is -0.395 e. The van der Waals surface area contributed by atoms with Gasteiger partial charge in [-0.2, -0.15) is 0 Å². The Balaban J connectivity index is 1.91. The second-order valence-corrected chi connectivity index (χ2v) is 4.98. The highest BCUT2D eigenvalue weighted by Gasteiger charge is 2.10. The lowest BCUT2D eigenvalue weighted by Crippen LogP contribution is -2.27. The van der Waals surface area contributed by atoms with Crippen molar-refractivity contribution in [2.75, 3.05) is 13.2 Å². The zero-order valence-electron chi connectivity index (χ0n) is 12.2. The van der Waals surface area contributed by atoms with Crippen LogP contribution in [0.3, 0.4) is 0 Å². The number of nitrogens with one attached hydrogen (secondary N) is 1. The highest BCUT2D eigenvalue weighted by atomic mass is 16.3. The number of para-hydroxylation sites is 1. The summed E-state index contributed by atoms with van der Waals surface area (Å²) in [5.74, 6) is -0.336. The van der Waals surface area contributed by atoms with E-state index in [9.17, 15) is 4.79 Å². The van der Waals surface area contributed by atoms with Crippen molar-refractivity contribution >= 4 is 16.8 Å². The van der Waals surface area contributed by atoms with E-state index < -0.39 is 0 Å². The minimum atomic E-state index is -0.336. The van der Waals surface area contributed by atoms with E-state index in [0.29, 0.717) is 0 Å². The molecule has 5 heteroatoms. The first-order valence-corrected chi connectivity index (χ1v) is 7.02. The van der Waals surface area contributed by atoms with Gasteiger partial charge in [-0.25, -0.2) is 4.98 Å². The van der Waals surface area contributed by atoms with Gasteiger partial charge in [0.2, 0.25) is 0 Å². The highest BCUT2D eigenvalue weighted by molar-refractivity contribution is 5.92. The number of hydrogen-bond donors (Lipinski definition) is 2. The van der Waals surface area contributed by atoms with Crippen LogP contribution in [-0.4, -0.2) is 33.7 Å². The predicted octanol–water partition coefficient (Wildman–Crippen LogP) is 1.76. The molecule has 0 bridgehead atoms. The van der Waals surface area contributed by atoms with Crippen molar-refractivity contribution in [3.8, 4) is 11.3 Å². The van der Waals surface area contributed by atoms with Crippen LogP contribution in [0, 0.1) is 6.07 Å². The molecule has 0 aliphatic heterocycles. The van der Waals surface area contributed by atoms with Crippen LogP contribution in [0.1, 0.15) is 10.5 Å².